The first-order chi connectivity index (χ1) is 13.9. The van der Waals surface area contributed by atoms with Gasteiger partial charge in [0, 0.05) is 17.9 Å². The number of unbranched alkanes of at least 4 members (excludes halogenated alkanes) is 3. The number of amides is 1. The number of allylic oxidation sites excluding steroid dienone is 1. The van der Waals surface area contributed by atoms with Crippen LogP contribution in [-0.4, -0.2) is 29.9 Å². The molecule has 160 valence electrons. The van der Waals surface area contributed by atoms with Crippen LogP contribution < -0.4 is 21.5 Å². The number of amidine groups is 1. The van der Waals surface area contributed by atoms with Gasteiger partial charge in [-0.1, -0.05) is 39.5 Å². The summed E-state index contributed by atoms with van der Waals surface area (Å²) in [6, 6.07) is 5.33. The van der Waals surface area contributed by atoms with E-state index in [9.17, 15) is 4.79 Å². The van der Waals surface area contributed by atoms with Gasteiger partial charge in [-0.3, -0.25) is 9.80 Å². The van der Waals surface area contributed by atoms with Crippen molar-refractivity contribution in [3.05, 3.63) is 35.2 Å². The van der Waals surface area contributed by atoms with Crippen LogP contribution in [0, 0.1) is 5.92 Å². The topological polar surface area (TPSA) is 106 Å². The summed E-state index contributed by atoms with van der Waals surface area (Å²) in [5.41, 5.74) is 14.1. The first kappa shape index (κ1) is 22.6. The number of ether oxygens (including phenoxy) is 1. The monoisotopic (exact) mass is 401 g/mol. The van der Waals surface area contributed by atoms with E-state index in [1.165, 1.54) is 25.7 Å². The molecule has 1 aromatic carbocycles. The second kappa shape index (κ2) is 10.7. The molecule has 0 aliphatic carbocycles. The number of nitrogen functional groups attached to an aromatic ring is 1. The Labute approximate surface area is 174 Å². The first-order valence-electron chi connectivity index (χ1n) is 10.5. The van der Waals surface area contributed by atoms with E-state index in [4.69, 9.17) is 21.3 Å². The van der Waals surface area contributed by atoms with Gasteiger partial charge in [0.15, 0.2) is 5.84 Å². The van der Waals surface area contributed by atoms with Crippen molar-refractivity contribution >= 4 is 17.4 Å². The Bertz CT molecular complexity index is 768. The van der Waals surface area contributed by atoms with Crippen LogP contribution in [0.15, 0.2) is 34.7 Å². The highest BCUT2D eigenvalue weighted by atomic mass is 16.5. The van der Waals surface area contributed by atoms with Crippen molar-refractivity contribution in [2.45, 2.75) is 59.8 Å². The fourth-order valence-electron chi connectivity index (χ4n) is 3.44. The quantitative estimate of drug-likeness (QED) is 0.316. The second-order valence-corrected chi connectivity index (χ2v) is 7.66. The minimum Gasteiger partial charge on any atom is -0.493 e. The molecule has 5 N–H and O–H groups in total. The van der Waals surface area contributed by atoms with Crippen molar-refractivity contribution in [3.63, 3.8) is 0 Å². The number of carbonyl (C=O) groups is 1. The summed E-state index contributed by atoms with van der Waals surface area (Å²) in [6.07, 6.45) is 5.97. The van der Waals surface area contributed by atoms with E-state index in [0.29, 0.717) is 53.3 Å². The Balaban J connectivity index is 2.31. The van der Waals surface area contributed by atoms with Gasteiger partial charge in [0.2, 0.25) is 0 Å². The lowest BCUT2D eigenvalue weighted by Gasteiger charge is -2.31. The summed E-state index contributed by atoms with van der Waals surface area (Å²) in [4.78, 5) is 12.8. The summed E-state index contributed by atoms with van der Waals surface area (Å²) in [5, 5.41) is 9.30. The lowest BCUT2D eigenvalue weighted by atomic mass is 10.0. The molecular weight excluding hydrogens is 366 g/mol. The van der Waals surface area contributed by atoms with Crippen LogP contribution in [0.25, 0.3) is 0 Å². The Morgan fingerprint density at radius 1 is 1.28 bits per heavy atom. The highest BCUT2D eigenvalue weighted by Crippen LogP contribution is 2.25. The third-order valence-electron chi connectivity index (χ3n) is 4.89. The molecule has 1 amide bonds. The Hall–Kier alpha value is -2.70. The van der Waals surface area contributed by atoms with Gasteiger partial charge in [-0.25, -0.2) is 0 Å². The molecule has 0 fully saturated rings. The SMILES string of the molecule is CCCCCCC(C)CN1N=C(c2cc(N)ccc2OCC)NC(=O)/C1=C(\C)N. The van der Waals surface area contributed by atoms with Crippen LogP contribution in [0.4, 0.5) is 5.69 Å². The molecule has 0 saturated heterocycles. The van der Waals surface area contributed by atoms with Crippen LogP contribution in [-0.2, 0) is 4.79 Å². The molecular formula is C22H35N5O2. The number of anilines is 1. The molecule has 1 unspecified atom stereocenters. The van der Waals surface area contributed by atoms with Gasteiger partial charge in [-0.05, 0) is 44.4 Å². The molecule has 1 aromatic rings. The predicted octanol–water partition coefficient (Wildman–Crippen LogP) is 3.56. The molecule has 1 aliphatic rings. The van der Waals surface area contributed by atoms with Gasteiger partial charge in [0.25, 0.3) is 5.91 Å². The van der Waals surface area contributed by atoms with Gasteiger partial charge >= 0.3 is 0 Å². The van der Waals surface area contributed by atoms with Crippen LogP contribution in [0.2, 0.25) is 0 Å². The molecule has 7 nitrogen and oxygen atoms in total. The van der Waals surface area contributed by atoms with Crippen molar-refractivity contribution in [1.82, 2.24) is 10.3 Å². The Kier molecular flexibility index (Phi) is 8.36. The van der Waals surface area contributed by atoms with Gasteiger partial charge in [0.05, 0.1) is 12.2 Å². The molecule has 0 radical (unpaired) electrons. The fraction of sp³-hybridized carbons (Fsp3) is 0.545. The zero-order valence-corrected chi connectivity index (χ0v) is 18.1. The average Bonchev–Trinajstić information content (AvgIpc) is 2.66. The van der Waals surface area contributed by atoms with Crippen LogP contribution >= 0.6 is 0 Å². The van der Waals surface area contributed by atoms with Gasteiger partial charge in [0.1, 0.15) is 11.4 Å². The molecule has 2 rings (SSSR count). The van der Waals surface area contributed by atoms with Gasteiger partial charge in [-0.15, -0.1) is 0 Å². The van der Waals surface area contributed by atoms with Crippen molar-refractivity contribution in [1.29, 1.82) is 0 Å². The number of rotatable bonds is 10. The number of nitrogens with two attached hydrogens (primary N) is 2. The first-order valence-corrected chi connectivity index (χ1v) is 10.5. The number of nitrogens with one attached hydrogen (secondary N) is 1. The van der Waals surface area contributed by atoms with E-state index >= 15 is 0 Å². The van der Waals surface area contributed by atoms with Crippen LogP contribution in [0.3, 0.4) is 0 Å². The number of hydrogen-bond donors (Lipinski definition) is 3. The largest absolute Gasteiger partial charge is 0.493 e. The maximum absolute atomic E-state index is 12.8. The van der Waals surface area contributed by atoms with Crippen molar-refractivity contribution in [2.24, 2.45) is 16.8 Å². The maximum Gasteiger partial charge on any atom is 0.276 e. The number of hydrogen-bond acceptors (Lipinski definition) is 6. The molecule has 0 bridgehead atoms. The number of nitrogens with zero attached hydrogens (tertiary/aromatic N) is 2. The lowest BCUT2D eigenvalue weighted by Crippen LogP contribution is -2.45. The summed E-state index contributed by atoms with van der Waals surface area (Å²) in [7, 11) is 0. The Morgan fingerprint density at radius 2 is 2.03 bits per heavy atom. The number of benzene rings is 1. The molecule has 29 heavy (non-hydrogen) atoms. The number of hydrazone groups is 1. The molecule has 1 heterocycles. The maximum atomic E-state index is 12.8. The molecule has 0 spiro atoms. The van der Waals surface area contributed by atoms with E-state index in [1.54, 1.807) is 30.1 Å². The third kappa shape index (κ3) is 6.14. The lowest BCUT2D eigenvalue weighted by molar-refractivity contribution is -0.118. The van der Waals surface area contributed by atoms with E-state index in [1.807, 2.05) is 6.92 Å². The average molecular weight is 402 g/mol. The predicted molar refractivity (Wildman–Crippen MR) is 118 cm³/mol. The molecule has 1 atom stereocenters. The van der Waals surface area contributed by atoms with Crippen LogP contribution in [0.5, 0.6) is 5.75 Å². The minimum atomic E-state index is -0.266. The third-order valence-corrected chi connectivity index (χ3v) is 4.89. The fourth-order valence-corrected chi connectivity index (χ4v) is 3.44. The van der Waals surface area contributed by atoms with Crippen molar-refractivity contribution in [2.75, 3.05) is 18.9 Å². The van der Waals surface area contributed by atoms with Crippen molar-refractivity contribution in [3.8, 4) is 5.75 Å². The smallest absolute Gasteiger partial charge is 0.276 e. The zero-order valence-electron chi connectivity index (χ0n) is 18.1. The van der Waals surface area contributed by atoms with E-state index in [0.717, 1.165) is 6.42 Å². The highest BCUT2D eigenvalue weighted by Gasteiger charge is 2.29. The van der Waals surface area contributed by atoms with E-state index in [-0.39, 0.29) is 5.91 Å². The summed E-state index contributed by atoms with van der Waals surface area (Å²) >= 11 is 0. The molecule has 1 aliphatic heterocycles. The zero-order chi connectivity index (χ0) is 21.4. The summed E-state index contributed by atoms with van der Waals surface area (Å²) < 4.78 is 5.70. The summed E-state index contributed by atoms with van der Waals surface area (Å²) in [5.74, 6) is 1.17. The highest BCUT2D eigenvalue weighted by molar-refractivity contribution is 6.15. The van der Waals surface area contributed by atoms with Gasteiger partial charge in [-0.2, -0.15) is 5.10 Å². The minimum absolute atomic E-state index is 0.266. The summed E-state index contributed by atoms with van der Waals surface area (Å²) in [6.45, 7) is 9.15. The number of carbonyl (C=O) groups excluding carboxylic acids is 1. The standard InChI is InChI=1S/C22H35N5O2/c1-5-7-8-9-10-15(3)14-27-20(16(4)23)22(28)25-21(26-27)18-13-17(24)11-12-19(18)29-6-2/h11-13,15H,5-10,14,23-24H2,1-4H3,(H,25,26,28)/b20-16-. The normalized spacial score (nSPS) is 16.9. The molecule has 0 aromatic heterocycles. The van der Waals surface area contributed by atoms with E-state index in [2.05, 4.69) is 19.2 Å². The van der Waals surface area contributed by atoms with Crippen molar-refractivity contribution < 1.29 is 9.53 Å². The second-order valence-electron chi connectivity index (χ2n) is 7.66. The molecule has 7 heteroatoms. The van der Waals surface area contributed by atoms with Crippen LogP contribution in [0.1, 0.15) is 65.4 Å². The Morgan fingerprint density at radius 3 is 2.69 bits per heavy atom. The van der Waals surface area contributed by atoms with E-state index < -0.39 is 0 Å². The van der Waals surface area contributed by atoms with Gasteiger partial charge < -0.3 is 21.5 Å². The molecule has 0 saturated carbocycles.